The first kappa shape index (κ1) is 19.2. The fourth-order valence-electron chi connectivity index (χ4n) is 4.56. The smallest absolute Gasteiger partial charge is 0.342 e. The van der Waals surface area contributed by atoms with E-state index in [0.717, 1.165) is 36.3 Å². The molecule has 8 heteroatoms. The molecule has 2 aromatic rings. The van der Waals surface area contributed by atoms with Crippen LogP contribution >= 0.6 is 0 Å². The standard InChI is InChI=1S/C20H25F3N4O/c1-13-9-18-24-16(11-17(20(21,22)23)27(18)25-13)15-7-4-8-26(12-15)19(28)10-14-5-2-3-6-14/h9,11,14-15H,2-8,10,12H2,1H3/t15-/m0/s1. The predicted octanol–water partition coefficient (Wildman–Crippen LogP) is 4.34. The monoisotopic (exact) mass is 394 g/mol. The molecule has 0 unspecified atom stereocenters. The van der Waals surface area contributed by atoms with Crippen molar-refractivity contribution < 1.29 is 18.0 Å². The molecular formula is C20H25F3N4O. The van der Waals surface area contributed by atoms with E-state index in [0.29, 0.717) is 36.8 Å². The summed E-state index contributed by atoms with van der Waals surface area (Å²) in [6.07, 6.45) is 2.17. The number of halogens is 3. The van der Waals surface area contributed by atoms with Gasteiger partial charge in [-0.05, 0) is 44.6 Å². The van der Waals surface area contributed by atoms with Crippen LogP contribution in [0, 0.1) is 12.8 Å². The normalized spacial score (nSPS) is 21.6. The second kappa shape index (κ2) is 7.37. The highest BCUT2D eigenvalue weighted by Gasteiger charge is 2.36. The Morgan fingerprint density at radius 1 is 1.18 bits per heavy atom. The van der Waals surface area contributed by atoms with Gasteiger partial charge in [0.25, 0.3) is 0 Å². The molecule has 28 heavy (non-hydrogen) atoms. The zero-order valence-corrected chi connectivity index (χ0v) is 16.0. The third kappa shape index (κ3) is 3.86. The van der Waals surface area contributed by atoms with Gasteiger partial charge >= 0.3 is 6.18 Å². The molecule has 1 saturated carbocycles. The minimum atomic E-state index is -4.51. The number of piperidine rings is 1. The Kier molecular flexibility index (Phi) is 5.05. The fraction of sp³-hybridized carbons (Fsp3) is 0.650. The van der Waals surface area contributed by atoms with Crippen LogP contribution in [-0.2, 0) is 11.0 Å². The van der Waals surface area contributed by atoms with Crippen molar-refractivity contribution >= 4 is 11.6 Å². The lowest BCUT2D eigenvalue weighted by atomic mass is 9.93. The molecule has 1 atom stereocenters. The van der Waals surface area contributed by atoms with Crippen LogP contribution in [0.4, 0.5) is 13.2 Å². The summed E-state index contributed by atoms with van der Waals surface area (Å²) in [5, 5.41) is 3.94. The maximum Gasteiger partial charge on any atom is 0.433 e. The van der Waals surface area contributed by atoms with Crippen LogP contribution < -0.4 is 0 Å². The third-order valence-electron chi connectivity index (χ3n) is 5.99. The van der Waals surface area contributed by atoms with E-state index < -0.39 is 11.9 Å². The Morgan fingerprint density at radius 3 is 2.64 bits per heavy atom. The van der Waals surface area contributed by atoms with Gasteiger partial charge < -0.3 is 4.90 Å². The molecule has 0 bridgehead atoms. The number of likely N-dealkylation sites (tertiary alicyclic amines) is 1. The molecule has 1 saturated heterocycles. The number of fused-ring (bicyclic) bond motifs is 1. The van der Waals surface area contributed by atoms with Crippen LogP contribution in [0.25, 0.3) is 5.65 Å². The number of carbonyl (C=O) groups excluding carboxylic acids is 1. The molecule has 0 spiro atoms. The lowest BCUT2D eigenvalue weighted by molar-refractivity contribution is -0.143. The highest BCUT2D eigenvalue weighted by molar-refractivity contribution is 5.76. The summed E-state index contributed by atoms with van der Waals surface area (Å²) in [6.45, 7) is 2.78. The van der Waals surface area contributed by atoms with Gasteiger partial charge in [-0.2, -0.15) is 18.3 Å². The predicted molar refractivity (Wildman–Crippen MR) is 97.9 cm³/mol. The van der Waals surface area contributed by atoms with Gasteiger partial charge in [0.05, 0.1) is 5.69 Å². The average Bonchev–Trinajstić information content (AvgIpc) is 3.28. The molecule has 2 aliphatic rings. The van der Waals surface area contributed by atoms with E-state index in [2.05, 4.69) is 10.1 Å². The molecular weight excluding hydrogens is 369 g/mol. The van der Waals surface area contributed by atoms with Gasteiger partial charge in [0.15, 0.2) is 5.65 Å². The minimum absolute atomic E-state index is 0.133. The topological polar surface area (TPSA) is 50.5 Å². The molecule has 0 N–H and O–H groups in total. The second-order valence-corrected chi connectivity index (χ2v) is 8.15. The molecule has 4 rings (SSSR count). The quantitative estimate of drug-likeness (QED) is 0.778. The molecule has 152 valence electrons. The Bertz CT molecular complexity index is 870. The van der Waals surface area contributed by atoms with Crippen LogP contribution in [0.3, 0.4) is 0 Å². The molecule has 1 aliphatic heterocycles. The molecule has 3 heterocycles. The molecule has 1 amide bonds. The van der Waals surface area contributed by atoms with Crippen molar-refractivity contribution in [1.29, 1.82) is 0 Å². The van der Waals surface area contributed by atoms with Crippen molar-refractivity contribution in [2.45, 2.75) is 64.0 Å². The Balaban J connectivity index is 1.57. The molecule has 1 aliphatic carbocycles. The molecule has 2 fully saturated rings. The number of aromatic nitrogens is 3. The van der Waals surface area contributed by atoms with Gasteiger partial charge in [0.1, 0.15) is 5.69 Å². The van der Waals surface area contributed by atoms with Crippen molar-refractivity contribution in [2.24, 2.45) is 5.92 Å². The lowest BCUT2D eigenvalue weighted by Gasteiger charge is -2.33. The third-order valence-corrected chi connectivity index (χ3v) is 5.99. The Morgan fingerprint density at radius 2 is 1.93 bits per heavy atom. The largest absolute Gasteiger partial charge is 0.433 e. The number of hydrogen-bond acceptors (Lipinski definition) is 3. The summed E-state index contributed by atoms with van der Waals surface area (Å²) < 4.78 is 41.5. The number of hydrogen-bond donors (Lipinski definition) is 0. The summed E-state index contributed by atoms with van der Waals surface area (Å²) in [4.78, 5) is 19.0. The van der Waals surface area contributed by atoms with Gasteiger partial charge in [-0.1, -0.05) is 12.8 Å². The van der Waals surface area contributed by atoms with Crippen LogP contribution in [0.2, 0.25) is 0 Å². The van der Waals surface area contributed by atoms with Gasteiger partial charge in [0.2, 0.25) is 5.91 Å². The summed E-state index contributed by atoms with van der Waals surface area (Å²) in [5.74, 6) is 0.422. The first-order valence-corrected chi connectivity index (χ1v) is 10.0. The number of alkyl halides is 3. The first-order valence-electron chi connectivity index (χ1n) is 10.0. The van der Waals surface area contributed by atoms with E-state index in [9.17, 15) is 18.0 Å². The SMILES string of the molecule is Cc1cc2nc([C@H]3CCCN(C(=O)CC4CCCC4)C3)cc(C(F)(F)F)n2n1. The second-order valence-electron chi connectivity index (χ2n) is 8.15. The Hall–Kier alpha value is -2.12. The maximum absolute atomic E-state index is 13.6. The maximum atomic E-state index is 13.6. The molecule has 0 radical (unpaired) electrons. The van der Waals surface area contributed by atoms with E-state index in [1.54, 1.807) is 13.0 Å². The molecule has 2 aromatic heterocycles. The molecule has 0 aromatic carbocycles. The zero-order chi connectivity index (χ0) is 19.9. The van der Waals surface area contributed by atoms with E-state index in [-0.39, 0.29) is 17.5 Å². The molecule has 5 nitrogen and oxygen atoms in total. The van der Waals surface area contributed by atoms with Crippen LogP contribution in [0.1, 0.15) is 67.9 Å². The summed E-state index contributed by atoms with van der Waals surface area (Å²) in [6, 6.07) is 2.67. The lowest BCUT2D eigenvalue weighted by Crippen LogP contribution is -2.40. The average molecular weight is 394 g/mol. The van der Waals surface area contributed by atoms with Crippen LogP contribution in [-0.4, -0.2) is 38.5 Å². The van der Waals surface area contributed by atoms with Crippen LogP contribution in [0.15, 0.2) is 12.1 Å². The minimum Gasteiger partial charge on any atom is -0.342 e. The van der Waals surface area contributed by atoms with Gasteiger partial charge in [-0.3, -0.25) is 4.79 Å². The Labute approximate surface area is 161 Å². The summed E-state index contributed by atoms with van der Waals surface area (Å²) >= 11 is 0. The summed E-state index contributed by atoms with van der Waals surface area (Å²) in [5.41, 5.74) is 0.289. The number of amides is 1. The van der Waals surface area contributed by atoms with Gasteiger partial charge in [-0.15, -0.1) is 0 Å². The van der Waals surface area contributed by atoms with Crippen molar-refractivity contribution in [2.75, 3.05) is 13.1 Å². The number of rotatable bonds is 3. The number of nitrogens with zero attached hydrogens (tertiary/aromatic N) is 4. The number of carbonyl (C=O) groups is 1. The number of aryl methyl sites for hydroxylation is 1. The van der Waals surface area contributed by atoms with Crippen molar-refractivity contribution in [3.63, 3.8) is 0 Å². The van der Waals surface area contributed by atoms with E-state index in [1.807, 2.05) is 4.90 Å². The van der Waals surface area contributed by atoms with E-state index in [1.165, 1.54) is 12.8 Å². The van der Waals surface area contributed by atoms with Gasteiger partial charge in [0, 0.05) is 37.2 Å². The summed E-state index contributed by atoms with van der Waals surface area (Å²) in [7, 11) is 0. The zero-order valence-electron chi connectivity index (χ0n) is 16.0. The fourth-order valence-corrected chi connectivity index (χ4v) is 4.56. The first-order chi connectivity index (χ1) is 13.3. The van der Waals surface area contributed by atoms with Crippen molar-refractivity contribution in [3.8, 4) is 0 Å². The highest BCUT2D eigenvalue weighted by Crippen LogP contribution is 2.34. The highest BCUT2D eigenvalue weighted by atomic mass is 19.4. The van der Waals surface area contributed by atoms with Crippen LogP contribution in [0.5, 0.6) is 0 Å². The van der Waals surface area contributed by atoms with Crippen molar-refractivity contribution in [3.05, 3.63) is 29.2 Å². The van der Waals surface area contributed by atoms with E-state index >= 15 is 0 Å². The van der Waals surface area contributed by atoms with Gasteiger partial charge in [-0.25, -0.2) is 9.50 Å². The van der Waals surface area contributed by atoms with Crippen molar-refractivity contribution in [1.82, 2.24) is 19.5 Å². The van der Waals surface area contributed by atoms with E-state index in [4.69, 9.17) is 0 Å².